The molecule has 0 saturated heterocycles. The van der Waals surface area contributed by atoms with E-state index in [9.17, 15) is 13.6 Å². The van der Waals surface area contributed by atoms with Gasteiger partial charge in [0.2, 0.25) is 0 Å². The average Bonchev–Trinajstić information content (AvgIpc) is 2.37. The maximum Gasteiger partial charge on any atom is 0.323 e. The minimum absolute atomic E-state index is 0.317. The molecule has 0 fully saturated rings. The summed E-state index contributed by atoms with van der Waals surface area (Å²) in [5.41, 5.74) is 0.761. The highest BCUT2D eigenvalue weighted by molar-refractivity contribution is 9.10. The second-order valence-electron chi connectivity index (χ2n) is 3.71. The molecular weight excluding hydrogens is 318 g/mol. The summed E-state index contributed by atoms with van der Waals surface area (Å²) in [6, 6.07) is 9.01. The van der Waals surface area contributed by atoms with E-state index in [1.807, 2.05) is 0 Å². The molecule has 0 radical (unpaired) electrons. The van der Waals surface area contributed by atoms with Gasteiger partial charge in [0.25, 0.3) is 0 Å². The molecule has 0 saturated carbocycles. The normalized spacial score (nSPS) is 10.1. The van der Waals surface area contributed by atoms with Crippen molar-refractivity contribution < 1.29 is 13.6 Å². The number of benzene rings is 2. The van der Waals surface area contributed by atoms with Gasteiger partial charge >= 0.3 is 6.03 Å². The summed E-state index contributed by atoms with van der Waals surface area (Å²) >= 11 is 3.02. The van der Waals surface area contributed by atoms with E-state index in [-0.39, 0.29) is 5.82 Å². The van der Waals surface area contributed by atoms with Crippen molar-refractivity contribution in [3.05, 3.63) is 58.6 Å². The lowest BCUT2D eigenvalue weighted by Crippen LogP contribution is -2.19. The van der Waals surface area contributed by atoms with E-state index >= 15 is 0 Å². The van der Waals surface area contributed by atoms with E-state index in [0.29, 0.717) is 15.8 Å². The molecule has 0 bridgehead atoms. The Hall–Kier alpha value is -1.95. The monoisotopic (exact) mass is 326 g/mol. The van der Waals surface area contributed by atoms with Gasteiger partial charge in [0.1, 0.15) is 11.6 Å². The predicted octanol–water partition coefficient (Wildman–Crippen LogP) is 4.37. The van der Waals surface area contributed by atoms with E-state index in [0.717, 1.165) is 0 Å². The Morgan fingerprint density at radius 1 is 0.947 bits per heavy atom. The van der Waals surface area contributed by atoms with Crippen molar-refractivity contribution in [1.82, 2.24) is 0 Å². The van der Waals surface area contributed by atoms with Crippen LogP contribution in [0.3, 0.4) is 0 Å². The Bertz CT molecular complexity index is 602. The summed E-state index contributed by atoms with van der Waals surface area (Å²) in [5.74, 6) is -0.861. The maximum absolute atomic E-state index is 13.2. The molecule has 19 heavy (non-hydrogen) atoms. The summed E-state index contributed by atoms with van der Waals surface area (Å²) < 4.78 is 26.2. The van der Waals surface area contributed by atoms with Crippen molar-refractivity contribution in [1.29, 1.82) is 0 Å². The maximum atomic E-state index is 13.2. The summed E-state index contributed by atoms with van der Waals surface area (Å²) in [4.78, 5) is 11.6. The number of amides is 2. The lowest BCUT2D eigenvalue weighted by molar-refractivity contribution is 0.262. The number of hydrogen-bond acceptors (Lipinski definition) is 1. The minimum Gasteiger partial charge on any atom is -0.308 e. The smallest absolute Gasteiger partial charge is 0.308 e. The van der Waals surface area contributed by atoms with Crippen LogP contribution in [-0.4, -0.2) is 6.03 Å². The molecule has 2 amide bonds. The van der Waals surface area contributed by atoms with Crippen LogP contribution in [0.2, 0.25) is 0 Å². The quantitative estimate of drug-likeness (QED) is 0.845. The van der Waals surface area contributed by atoms with E-state index in [1.165, 1.54) is 36.4 Å². The van der Waals surface area contributed by atoms with E-state index in [2.05, 4.69) is 26.6 Å². The van der Waals surface area contributed by atoms with Crippen molar-refractivity contribution in [2.45, 2.75) is 0 Å². The first-order valence-electron chi connectivity index (χ1n) is 5.33. The van der Waals surface area contributed by atoms with Crippen LogP contribution in [0.4, 0.5) is 25.0 Å². The Labute approximate surface area is 116 Å². The number of carbonyl (C=O) groups excluding carboxylic acids is 1. The highest BCUT2D eigenvalue weighted by atomic mass is 79.9. The van der Waals surface area contributed by atoms with E-state index in [1.54, 1.807) is 6.07 Å². The predicted molar refractivity (Wildman–Crippen MR) is 73.1 cm³/mol. The highest BCUT2D eigenvalue weighted by Crippen LogP contribution is 2.19. The van der Waals surface area contributed by atoms with Crippen molar-refractivity contribution in [2.24, 2.45) is 0 Å². The second-order valence-corrected chi connectivity index (χ2v) is 4.57. The van der Waals surface area contributed by atoms with Gasteiger partial charge in [-0.1, -0.05) is 0 Å². The number of anilines is 2. The number of nitrogens with one attached hydrogen (secondary N) is 2. The first-order chi connectivity index (χ1) is 9.04. The molecule has 0 aromatic heterocycles. The van der Waals surface area contributed by atoms with Gasteiger partial charge in [-0.2, -0.15) is 0 Å². The molecular formula is C13H9BrF2N2O. The molecule has 0 aliphatic heterocycles. The molecule has 6 heteroatoms. The van der Waals surface area contributed by atoms with Crippen molar-refractivity contribution in [3.63, 3.8) is 0 Å². The highest BCUT2D eigenvalue weighted by Gasteiger charge is 2.05. The number of urea groups is 1. The van der Waals surface area contributed by atoms with E-state index in [4.69, 9.17) is 0 Å². The number of rotatable bonds is 2. The summed E-state index contributed by atoms with van der Waals surface area (Å²) in [6.45, 7) is 0. The Balaban J connectivity index is 2.01. The topological polar surface area (TPSA) is 41.1 Å². The number of hydrogen-bond donors (Lipinski definition) is 2. The van der Waals surface area contributed by atoms with Gasteiger partial charge < -0.3 is 10.6 Å². The Morgan fingerprint density at radius 2 is 1.53 bits per heavy atom. The zero-order valence-electron chi connectivity index (χ0n) is 9.58. The largest absolute Gasteiger partial charge is 0.323 e. The summed E-state index contributed by atoms with van der Waals surface area (Å²) in [7, 11) is 0. The van der Waals surface area contributed by atoms with Crippen molar-refractivity contribution >= 4 is 33.3 Å². The molecule has 0 aliphatic rings. The van der Waals surface area contributed by atoms with Crippen LogP contribution in [0.25, 0.3) is 0 Å². The molecule has 0 unspecified atom stereocenters. The van der Waals surface area contributed by atoms with Crippen LogP contribution < -0.4 is 10.6 Å². The van der Waals surface area contributed by atoms with Gasteiger partial charge in [-0.25, -0.2) is 13.6 Å². The fourth-order valence-electron chi connectivity index (χ4n) is 1.40. The molecule has 98 valence electrons. The van der Waals surface area contributed by atoms with Crippen LogP contribution in [0.15, 0.2) is 46.9 Å². The summed E-state index contributed by atoms with van der Waals surface area (Å²) in [5, 5.41) is 4.97. The SMILES string of the molecule is O=C(Nc1ccc(F)cc1)Nc1ccc(Br)c(F)c1. The third-order valence-corrected chi connectivity index (χ3v) is 2.92. The van der Waals surface area contributed by atoms with Crippen LogP contribution in [-0.2, 0) is 0 Å². The molecule has 2 aromatic carbocycles. The van der Waals surface area contributed by atoms with Crippen molar-refractivity contribution in [2.75, 3.05) is 10.6 Å². The van der Waals surface area contributed by atoms with Gasteiger partial charge in [-0.05, 0) is 58.4 Å². The lowest BCUT2D eigenvalue weighted by Gasteiger charge is -2.08. The second kappa shape index (κ2) is 5.79. The van der Waals surface area contributed by atoms with Crippen LogP contribution >= 0.6 is 15.9 Å². The third-order valence-electron chi connectivity index (χ3n) is 2.28. The Kier molecular flexibility index (Phi) is 4.11. The van der Waals surface area contributed by atoms with Gasteiger partial charge in [0, 0.05) is 11.4 Å². The van der Waals surface area contributed by atoms with Crippen molar-refractivity contribution in [3.8, 4) is 0 Å². The molecule has 0 heterocycles. The fraction of sp³-hybridized carbons (Fsp3) is 0. The molecule has 0 spiro atoms. The molecule has 2 aromatic rings. The third kappa shape index (κ3) is 3.75. The molecule has 2 N–H and O–H groups in total. The van der Waals surface area contributed by atoms with Gasteiger partial charge in [-0.15, -0.1) is 0 Å². The van der Waals surface area contributed by atoms with Crippen LogP contribution in [0.5, 0.6) is 0 Å². The molecule has 3 nitrogen and oxygen atoms in total. The number of halogens is 3. The first-order valence-corrected chi connectivity index (χ1v) is 6.12. The molecule has 0 aliphatic carbocycles. The van der Waals surface area contributed by atoms with E-state index < -0.39 is 11.8 Å². The Morgan fingerprint density at radius 3 is 2.16 bits per heavy atom. The van der Waals surface area contributed by atoms with Crippen LogP contribution in [0.1, 0.15) is 0 Å². The molecule has 2 rings (SSSR count). The van der Waals surface area contributed by atoms with Crippen LogP contribution in [0, 0.1) is 11.6 Å². The molecule has 0 atom stereocenters. The van der Waals surface area contributed by atoms with Gasteiger partial charge in [0.15, 0.2) is 0 Å². The van der Waals surface area contributed by atoms with Gasteiger partial charge in [-0.3, -0.25) is 0 Å². The lowest BCUT2D eigenvalue weighted by atomic mass is 10.3. The van der Waals surface area contributed by atoms with Gasteiger partial charge in [0.05, 0.1) is 4.47 Å². The summed E-state index contributed by atoms with van der Waals surface area (Å²) in [6.07, 6.45) is 0. The minimum atomic E-state index is -0.534. The number of carbonyl (C=O) groups is 1. The zero-order valence-corrected chi connectivity index (χ0v) is 11.2. The fourth-order valence-corrected chi connectivity index (χ4v) is 1.65. The average molecular weight is 327 g/mol. The standard InChI is InChI=1S/C13H9BrF2N2O/c14-11-6-5-10(7-12(11)16)18-13(19)17-9-3-1-8(15)2-4-9/h1-7H,(H2,17,18,19). The zero-order chi connectivity index (χ0) is 13.8. The first kappa shape index (κ1) is 13.5.